The van der Waals surface area contributed by atoms with E-state index in [2.05, 4.69) is 30.1 Å². The molecular weight excluding hydrogens is 314 g/mol. The zero-order valence-electron chi connectivity index (χ0n) is 14.7. The maximum absolute atomic E-state index is 11.4. The number of hydrogen-bond acceptors (Lipinski definition) is 3. The zero-order valence-corrected chi connectivity index (χ0v) is 14.7. The monoisotopic (exact) mass is 339 g/mol. The number of fused-ring (bicyclic) bond motifs is 1. The van der Waals surface area contributed by atoms with Crippen LogP contribution in [0.25, 0.3) is 0 Å². The van der Waals surface area contributed by atoms with E-state index in [0.717, 1.165) is 50.0 Å². The second-order valence-electron chi connectivity index (χ2n) is 6.67. The van der Waals surface area contributed by atoms with Gasteiger partial charge >= 0.3 is 5.97 Å². The van der Waals surface area contributed by atoms with Gasteiger partial charge in [-0.2, -0.15) is 0 Å². The predicted molar refractivity (Wildman–Crippen MR) is 97.4 cm³/mol. The van der Waals surface area contributed by atoms with E-state index in [1.165, 1.54) is 17.5 Å². The first-order valence-corrected chi connectivity index (χ1v) is 9.11. The van der Waals surface area contributed by atoms with Gasteiger partial charge in [0.25, 0.3) is 0 Å². The Morgan fingerprint density at radius 3 is 3.04 bits per heavy atom. The van der Waals surface area contributed by atoms with Crippen molar-refractivity contribution < 1.29 is 14.6 Å². The van der Waals surface area contributed by atoms with E-state index in [9.17, 15) is 9.90 Å². The summed E-state index contributed by atoms with van der Waals surface area (Å²) >= 11 is 0. The van der Waals surface area contributed by atoms with Gasteiger partial charge in [-0.05, 0) is 79.3 Å². The number of aryl methyl sites for hydroxylation is 2. The Hall–Kier alpha value is -2.36. The summed E-state index contributed by atoms with van der Waals surface area (Å²) in [5.74, 6) is 0.562. The van der Waals surface area contributed by atoms with Crippen LogP contribution in [0.15, 0.2) is 36.7 Å². The Kier molecular flexibility index (Phi) is 5.69. The predicted octanol–water partition coefficient (Wildman–Crippen LogP) is 4.62. The number of ether oxygens (including phenoxy) is 1. The minimum absolute atomic E-state index is 0.370. The van der Waals surface area contributed by atoms with Gasteiger partial charge in [0.05, 0.1) is 12.2 Å². The van der Waals surface area contributed by atoms with Crippen molar-refractivity contribution in [2.75, 3.05) is 6.61 Å². The van der Waals surface area contributed by atoms with Crippen molar-refractivity contribution in [2.24, 2.45) is 0 Å². The number of rotatable bonds is 7. The van der Waals surface area contributed by atoms with Gasteiger partial charge in [0, 0.05) is 12.4 Å². The van der Waals surface area contributed by atoms with Gasteiger partial charge in [0.2, 0.25) is 0 Å². The molecule has 0 radical (unpaired) electrons. The van der Waals surface area contributed by atoms with E-state index in [0.29, 0.717) is 11.5 Å². The number of nitrogens with zero attached hydrogens (tertiary/aromatic N) is 1. The van der Waals surface area contributed by atoms with Crippen molar-refractivity contribution >= 4 is 5.97 Å². The third-order valence-electron chi connectivity index (χ3n) is 4.92. The number of benzene rings is 1. The Morgan fingerprint density at radius 2 is 2.24 bits per heavy atom. The van der Waals surface area contributed by atoms with E-state index < -0.39 is 5.97 Å². The SMILES string of the molecule is CCCOc1ccc2c(c1)CCC[C@H]2CCc1cnccc1C(=O)O. The first-order valence-electron chi connectivity index (χ1n) is 9.11. The third kappa shape index (κ3) is 4.19. The molecule has 1 heterocycles. The van der Waals surface area contributed by atoms with Crippen LogP contribution in [-0.2, 0) is 12.8 Å². The highest BCUT2D eigenvalue weighted by atomic mass is 16.5. The lowest BCUT2D eigenvalue weighted by atomic mass is 9.79. The number of aromatic carboxylic acids is 1. The number of pyridine rings is 1. The van der Waals surface area contributed by atoms with Crippen molar-refractivity contribution in [2.45, 2.75) is 51.4 Å². The lowest BCUT2D eigenvalue weighted by Crippen LogP contribution is -2.12. The van der Waals surface area contributed by atoms with Crippen molar-refractivity contribution in [3.05, 3.63) is 58.9 Å². The minimum atomic E-state index is -0.876. The van der Waals surface area contributed by atoms with Crippen molar-refractivity contribution in [1.82, 2.24) is 4.98 Å². The minimum Gasteiger partial charge on any atom is -0.494 e. The summed E-state index contributed by atoms with van der Waals surface area (Å²) in [6.45, 7) is 2.86. The zero-order chi connectivity index (χ0) is 17.6. The number of carboxylic acid groups (broad SMARTS) is 1. The molecule has 132 valence electrons. The molecule has 1 N–H and O–H groups in total. The van der Waals surface area contributed by atoms with E-state index in [1.807, 2.05) is 0 Å². The molecule has 4 nitrogen and oxygen atoms in total. The molecule has 0 amide bonds. The topological polar surface area (TPSA) is 59.4 Å². The molecule has 0 saturated heterocycles. The van der Waals surface area contributed by atoms with Gasteiger partial charge in [-0.15, -0.1) is 0 Å². The molecule has 0 spiro atoms. The highest BCUT2D eigenvalue weighted by molar-refractivity contribution is 5.89. The maximum atomic E-state index is 11.4. The van der Waals surface area contributed by atoms with Crippen LogP contribution in [0.2, 0.25) is 0 Å². The lowest BCUT2D eigenvalue weighted by molar-refractivity contribution is 0.0695. The summed E-state index contributed by atoms with van der Waals surface area (Å²) in [7, 11) is 0. The Bertz CT molecular complexity index is 742. The molecule has 4 heteroatoms. The summed E-state index contributed by atoms with van der Waals surface area (Å²) in [6, 6.07) is 8.04. The highest BCUT2D eigenvalue weighted by Crippen LogP contribution is 2.36. The number of carbonyl (C=O) groups is 1. The van der Waals surface area contributed by atoms with Gasteiger partial charge in [0.15, 0.2) is 0 Å². The Morgan fingerprint density at radius 1 is 1.36 bits per heavy atom. The first-order chi connectivity index (χ1) is 12.2. The van der Waals surface area contributed by atoms with Crippen molar-refractivity contribution in [3.63, 3.8) is 0 Å². The van der Waals surface area contributed by atoms with Crippen LogP contribution in [0.4, 0.5) is 0 Å². The quantitative estimate of drug-likeness (QED) is 0.799. The van der Waals surface area contributed by atoms with Crippen LogP contribution in [0.5, 0.6) is 5.75 Å². The average molecular weight is 339 g/mol. The molecule has 2 aromatic rings. The van der Waals surface area contributed by atoms with Crippen LogP contribution < -0.4 is 4.74 Å². The molecule has 0 fully saturated rings. The average Bonchev–Trinajstić information content (AvgIpc) is 2.64. The molecule has 1 atom stereocenters. The second kappa shape index (κ2) is 8.15. The molecule has 1 aromatic carbocycles. The van der Waals surface area contributed by atoms with E-state index in [-0.39, 0.29) is 0 Å². The van der Waals surface area contributed by atoms with Crippen LogP contribution in [-0.4, -0.2) is 22.7 Å². The largest absolute Gasteiger partial charge is 0.494 e. The fourth-order valence-corrected chi connectivity index (χ4v) is 3.67. The molecule has 1 aromatic heterocycles. The molecule has 1 aliphatic carbocycles. The third-order valence-corrected chi connectivity index (χ3v) is 4.92. The Labute approximate surface area is 148 Å². The van der Waals surface area contributed by atoms with E-state index >= 15 is 0 Å². The van der Waals surface area contributed by atoms with Crippen LogP contribution >= 0.6 is 0 Å². The van der Waals surface area contributed by atoms with Crippen LogP contribution in [0.1, 0.15) is 65.6 Å². The first kappa shape index (κ1) is 17.5. The fraction of sp³-hybridized carbons (Fsp3) is 0.429. The van der Waals surface area contributed by atoms with Gasteiger partial charge < -0.3 is 9.84 Å². The van der Waals surface area contributed by atoms with Crippen molar-refractivity contribution in [3.8, 4) is 5.75 Å². The lowest BCUT2D eigenvalue weighted by Gasteiger charge is -2.26. The summed E-state index contributed by atoms with van der Waals surface area (Å²) in [4.78, 5) is 15.4. The Balaban J connectivity index is 1.72. The summed E-state index contributed by atoms with van der Waals surface area (Å²) < 4.78 is 5.75. The molecule has 3 rings (SSSR count). The summed E-state index contributed by atoms with van der Waals surface area (Å²) in [5, 5.41) is 9.32. The van der Waals surface area contributed by atoms with Gasteiger partial charge in [-0.1, -0.05) is 13.0 Å². The summed E-state index contributed by atoms with van der Waals surface area (Å²) in [6.07, 6.45) is 9.37. The van der Waals surface area contributed by atoms with Crippen LogP contribution in [0, 0.1) is 0 Å². The standard InChI is InChI=1S/C21H25NO3/c1-2-12-25-18-8-9-19-15(4-3-5-16(19)13-18)6-7-17-14-22-11-10-20(17)21(23)24/h8-11,13-15H,2-7,12H2,1H3,(H,23,24)/t15-/m0/s1. The second-order valence-corrected chi connectivity index (χ2v) is 6.67. The maximum Gasteiger partial charge on any atom is 0.336 e. The number of hydrogen-bond donors (Lipinski definition) is 1. The molecule has 25 heavy (non-hydrogen) atoms. The molecule has 0 aliphatic heterocycles. The van der Waals surface area contributed by atoms with E-state index in [1.54, 1.807) is 18.5 Å². The molecule has 0 bridgehead atoms. The molecular formula is C21H25NO3. The van der Waals surface area contributed by atoms with Gasteiger partial charge in [-0.3, -0.25) is 4.98 Å². The highest BCUT2D eigenvalue weighted by Gasteiger charge is 2.21. The van der Waals surface area contributed by atoms with Crippen LogP contribution in [0.3, 0.4) is 0 Å². The van der Waals surface area contributed by atoms with Gasteiger partial charge in [-0.25, -0.2) is 4.79 Å². The van der Waals surface area contributed by atoms with E-state index in [4.69, 9.17) is 4.74 Å². The molecule has 0 saturated carbocycles. The molecule has 0 unspecified atom stereocenters. The summed E-state index contributed by atoms with van der Waals surface area (Å²) in [5.41, 5.74) is 3.98. The number of carboxylic acids is 1. The number of aromatic nitrogens is 1. The molecule has 1 aliphatic rings. The fourth-order valence-electron chi connectivity index (χ4n) is 3.67. The smallest absolute Gasteiger partial charge is 0.336 e. The normalized spacial score (nSPS) is 16.3. The van der Waals surface area contributed by atoms with Crippen molar-refractivity contribution in [1.29, 1.82) is 0 Å². The van der Waals surface area contributed by atoms with Gasteiger partial charge in [0.1, 0.15) is 5.75 Å².